The monoisotopic (exact) mass is 259 g/mol. The van der Waals surface area contributed by atoms with Gasteiger partial charge in [0, 0.05) is 20.0 Å². The van der Waals surface area contributed by atoms with Crippen molar-refractivity contribution in [1.82, 2.24) is 24.3 Å². The smallest absolute Gasteiger partial charge is 0.178 e. The number of nitrogens with one attached hydrogen (secondary N) is 1. The highest BCUT2D eigenvalue weighted by Crippen LogP contribution is 2.13. The first-order valence-electron chi connectivity index (χ1n) is 5.76. The van der Waals surface area contributed by atoms with Gasteiger partial charge in [0.1, 0.15) is 6.33 Å². The Kier molecular flexibility index (Phi) is 2.71. The van der Waals surface area contributed by atoms with E-state index >= 15 is 0 Å². The number of aromatic nitrogens is 5. The van der Waals surface area contributed by atoms with Crippen molar-refractivity contribution in [3.8, 4) is 0 Å². The SMILES string of the molecule is Cn1cnc(CCn2c(=S)[nH]c3ccccc32)n1. The minimum atomic E-state index is 0.743. The van der Waals surface area contributed by atoms with E-state index in [4.69, 9.17) is 12.2 Å². The van der Waals surface area contributed by atoms with E-state index in [1.807, 2.05) is 25.2 Å². The Morgan fingerprint density at radius 2 is 2.17 bits per heavy atom. The Morgan fingerprint density at radius 3 is 2.94 bits per heavy atom. The van der Waals surface area contributed by atoms with E-state index in [1.54, 1.807) is 11.0 Å². The highest BCUT2D eigenvalue weighted by atomic mass is 32.1. The quantitative estimate of drug-likeness (QED) is 0.733. The van der Waals surface area contributed by atoms with Gasteiger partial charge in [0.15, 0.2) is 10.6 Å². The summed E-state index contributed by atoms with van der Waals surface area (Å²) >= 11 is 5.33. The molecule has 1 N–H and O–H groups in total. The number of aromatic amines is 1. The molecule has 0 unspecified atom stereocenters. The molecule has 3 aromatic rings. The zero-order valence-electron chi connectivity index (χ0n) is 10.00. The average molecular weight is 259 g/mol. The summed E-state index contributed by atoms with van der Waals surface area (Å²) in [6, 6.07) is 8.10. The summed E-state index contributed by atoms with van der Waals surface area (Å²) < 4.78 is 4.54. The molecule has 0 aliphatic rings. The third kappa shape index (κ3) is 1.95. The van der Waals surface area contributed by atoms with E-state index in [0.717, 1.165) is 34.6 Å². The number of fused-ring (bicyclic) bond motifs is 1. The van der Waals surface area contributed by atoms with Crippen LogP contribution >= 0.6 is 12.2 Å². The summed E-state index contributed by atoms with van der Waals surface area (Å²) in [5, 5.41) is 4.27. The highest BCUT2D eigenvalue weighted by Gasteiger charge is 2.05. The standard InChI is InChI=1S/C12H13N5S/c1-16-8-13-11(15-16)6-7-17-10-5-3-2-4-9(10)14-12(17)18/h2-5,8H,6-7H2,1H3,(H,14,18). The van der Waals surface area contributed by atoms with Crippen molar-refractivity contribution in [3.63, 3.8) is 0 Å². The third-order valence-electron chi connectivity index (χ3n) is 2.89. The van der Waals surface area contributed by atoms with Crippen LogP contribution in [0.1, 0.15) is 5.82 Å². The number of hydrogen-bond acceptors (Lipinski definition) is 3. The van der Waals surface area contributed by atoms with Gasteiger partial charge in [0.05, 0.1) is 11.0 Å². The summed E-state index contributed by atoms with van der Waals surface area (Å²) in [7, 11) is 1.87. The number of rotatable bonds is 3. The second kappa shape index (κ2) is 4.38. The molecule has 6 heteroatoms. The van der Waals surface area contributed by atoms with Gasteiger partial charge in [-0.3, -0.25) is 4.68 Å². The van der Waals surface area contributed by atoms with E-state index in [-0.39, 0.29) is 0 Å². The zero-order valence-corrected chi connectivity index (χ0v) is 10.8. The minimum absolute atomic E-state index is 0.743. The molecule has 92 valence electrons. The van der Waals surface area contributed by atoms with Crippen LogP contribution in [-0.4, -0.2) is 24.3 Å². The number of hydrogen-bond donors (Lipinski definition) is 1. The molecule has 0 bridgehead atoms. The predicted octanol–water partition coefficient (Wildman–Crippen LogP) is 2.07. The van der Waals surface area contributed by atoms with Gasteiger partial charge in [-0.05, 0) is 24.4 Å². The van der Waals surface area contributed by atoms with Crippen molar-refractivity contribution in [2.24, 2.45) is 7.05 Å². The molecule has 2 aromatic heterocycles. The van der Waals surface area contributed by atoms with Crippen molar-refractivity contribution in [2.75, 3.05) is 0 Å². The van der Waals surface area contributed by atoms with Crippen LogP contribution in [0.5, 0.6) is 0 Å². The summed E-state index contributed by atoms with van der Waals surface area (Å²) in [6.07, 6.45) is 2.49. The lowest BCUT2D eigenvalue weighted by atomic mass is 10.3. The lowest BCUT2D eigenvalue weighted by Gasteiger charge is -2.01. The van der Waals surface area contributed by atoms with Gasteiger partial charge in [0.2, 0.25) is 0 Å². The lowest BCUT2D eigenvalue weighted by Crippen LogP contribution is -2.03. The molecular weight excluding hydrogens is 246 g/mol. The van der Waals surface area contributed by atoms with Crippen LogP contribution in [0.2, 0.25) is 0 Å². The van der Waals surface area contributed by atoms with Gasteiger partial charge in [-0.25, -0.2) is 4.98 Å². The van der Waals surface area contributed by atoms with Crippen LogP contribution < -0.4 is 0 Å². The molecule has 0 aliphatic carbocycles. The summed E-state index contributed by atoms with van der Waals surface area (Å²) in [6.45, 7) is 0.785. The topological polar surface area (TPSA) is 51.4 Å². The molecule has 18 heavy (non-hydrogen) atoms. The molecule has 0 atom stereocenters. The van der Waals surface area contributed by atoms with Gasteiger partial charge < -0.3 is 9.55 Å². The van der Waals surface area contributed by atoms with E-state index in [9.17, 15) is 0 Å². The molecule has 0 saturated carbocycles. The van der Waals surface area contributed by atoms with Gasteiger partial charge in [0.25, 0.3) is 0 Å². The molecule has 0 radical (unpaired) electrons. The average Bonchev–Trinajstić information content (AvgIpc) is 2.90. The second-order valence-electron chi connectivity index (χ2n) is 4.18. The van der Waals surface area contributed by atoms with Gasteiger partial charge in [-0.1, -0.05) is 12.1 Å². The molecule has 1 aromatic carbocycles. The fourth-order valence-corrected chi connectivity index (χ4v) is 2.34. The number of H-pyrrole nitrogens is 1. The maximum Gasteiger partial charge on any atom is 0.178 e. The van der Waals surface area contributed by atoms with Crippen LogP contribution in [0.3, 0.4) is 0 Å². The molecule has 3 rings (SSSR count). The van der Waals surface area contributed by atoms with E-state index in [2.05, 4.69) is 25.7 Å². The van der Waals surface area contributed by atoms with Crippen molar-refractivity contribution < 1.29 is 0 Å². The molecule has 0 amide bonds. The molecule has 5 nitrogen and oxygen atoms in total. The Balaban J connectivity index is 1.90. The van der Waals surface area contributed by atoms with Crippen LogP contribution in [0.15, 0.2) is 30.6 Å². The highest BCUT2D eigenvalue weighted by molar-refractivity contribution is 7.71. The number of nitrogens with zero attached hydrogens (tertiary/aromatic N) is 4. The number of imidazole rings is 1. The Labute approximate surface area is 109 Å². The van der Waals surface area contributed by atoms with E-state index in [0.29, 0.717) is 0 Å². The molecular formula is C12H13N5S. The normalized spacial score (nSPS) is 11.2. The predicted molar refractivity (Wildman–Crippen MR) is 71.8 cm³/mol. The first-order chi connectivity index (χ1) is 8.74. The Hall–Kier alpha value is -1.95. The van der Waals surface area contributed by atoms with Crippen molar-refractivity contribution in [2.45, 2.75) is 13.0 Å². The number of aryl methyl sites for hydroxylation is 3. The van der Waals surface area contributed by atoms with Crippen molar-refractivity contribution in [1.29, 1.82) is 0 Å². The summed E-state index contributed by atoms with van der Waals surface area (Å²) in [4.78, 5) is 7.42. The Bertz CT molecular complexity index is 736. The molecule has 0 aliphatic heterocycles. The van der Waals surface area contributed by atoms with Crippen molar-refractivity contribution in [3.05, 3.63) is 41.2 Å². The minimum Gasteiger partial charge on any atom is -0.331 e. The number of benzene rings is 1. The lowest BCUT2D eigenvalue weighted by molar-refractivity contribution is 0.666. The van der Waals surface area contributed by atoms with E-state index in [1.165, 1.54) is 0 Å². The maximum absolute atomic E-state index is 5.33. The van der Waals surface area contributed by atoms with Crippen molar-refractivity contribution >= 4 is 23.3 Å². The fourth-order valence-electron chi connectivity index (χ4n) is 2.04. The van der Waals surface area contributed by atoms with Crippen LogP contribution in [0.25, 0.3) is 11.0 Å². The van der Waals surface area contributed by atoms with Crippen LogP contribution in [-0.2, 0) is 20.0 Å². The molecule has 0 spiro atoms. The number of para-hydroxylation sites is 2. The fraction of sp³-hybridized carbons (Fsp3) is 0.250. The first-order valence-corrected chi connectivity index (χ1v) is 6.17. The van der Waals surface area contributed by atoms with Gasteiger partial charge in [-0.2, -0.15) is 5.10 Å². The third-order valence-corrected chi connectivity index (χ3v) is 3.21. The summed E-state index contributed by atoms with van der Waals surface area (Å²) in [5.74, 6) is 0.838. The molecule has 0 fully saturated rings. The van der Waals surface area contributed by atoms with E-state index < -0.39 is 0 Å². The van der Waals surface area contributed by atoms with Gasteiger partial charge >= 0.3 is 0 Å². The Morgan fingerprint density at radius 1 is 1.33 bits per heavy atom. The van der Waals surface area contributed by atoms with Gasteiger partial charge in [-0.15, -0.1) is 0 Å². The maximum atomic E-state index is 5.33. The molecule has 0 saturated heterocycles. The van der Waals surface area contributed by atoms with Crippen LogP contribution in [0, 0.1) is 4.77 Å². The molecule has 2 heterocycles. The van der Waals surface area contributed by atoms with Crippen LogP contribution in [0.4, 0.5) is 0 Å². The second-order valence-corrected chi connectivity index (χ2v) is 4.57. The largest absolute Gasteiger partial charge is 0.331 e. The zero-order chi connectivity index (χ0) is 12.5. The summed E-state index contributed by atoms with van der Waals surface area (Å²) in [5.41, 5.74) is 2.19. The first kappa shape index (κ1) is 11.2.